The van der Waals surface area contributed by atoms with Crippen LogP contribution < -0.4 is 15.2 Å². The highest BCUT2D eigenvalue weighted by molar-refractivity contribution is 7.21. The molecule has 1 aromatic carbocycles. The standard InChI is InChI=1S/C13H15NO3S/c1-3-16-8-6-5-7-9-10(8)11(17-4-2)12(18-9)13(14)15/h5-7H,3-4H2,1-2H3,(H2,14,15). The molecule has 96 valence electrons. The molecule has 2 N–H and O–H groups in total. The summed E-state index contributed by atoms with van der Waals surface area (Å²) >= 11 is 1.33. The zero-order chi connectivity index (χ0) is 13.1. The summed E-state index contributed by atoms with van der Waals surface area (Å²) in [5, 5.41) is 0.833. The first-order valence-corrected chi connectivity index (χ1v) is 6.61. The van der Waals surface area contributed by atoms with E-state index >= 15 is 0 Å². The maximum absolute atomic E-state index is 11.4. The van der Waals surface area contributed by atoms with Gasteiger partial charge in [-0.2, -0.15) is 0 Å². The number of benzene rings is 1. The monoisotopic (exact) mass is 265 g/mol. The molecule has 0 aliphatic heterocycles. The van der Waals surface area contributed by atoms with E-state index in [1.807, 2.05) is 32.0 Å². The van der Waals surface area contributed by atoms with E-state index in [1.54, 1.807) is 0 Å². The van der Waals surface area contributed by atoms with E-state index < -0.39 is 5.91 Å². The molecule has 18 heavy (non-hydrogen) atoms. The molecule has 5 heteroatoms. The highest BCUT2D eigenvalue weighted by atomic mass is 32.1. The molecule has 0 spiro atoms. The Morgan fingerprint density at radius 1 is 1.28 bits per heavy atom. The van der Waals surface area contributed by atoms with Gasteiger partial charge >= 0.3 is 0 Å². The lowest BCUT2D eigenvalue weighted by Crippen LogP contribution is -2.10. The van der Waals surface area contributed by atoms with Crippen molar-refractivity contribution in [3.05, 3.63) is 23.1 Å². The Bertz CT molecular complexity index is 577. The summed E-state index contributed by atoms with van der Waals surface area (Å²) in [5.74, 6) is 0.790. The maximum atomic E-state index is 11.4. The van der Waals surface area contributed by atoms with Gasteiger partial charge in [0.2, 0.25) is 0 Å². The first kappa shape index (κ1) is 12.7. The number of nitrogens with two attached hydrogens (primary N) is 1. The first-order valence-electron chi connectivity index (χ1n) is 5.79. The van der Waals surface area contributed by atoms with Crippen LogP contribution in [0, 0.1) is 0 Å². The Balaban J connectivity index is 2.70. The number of fused-ring (bicyclic) bond motifs is 1. The predicted molar refractivity (Wildman–Crippen MR) is 72.7 cm³/mol. The Labute approximate surface area is 109 Å². The van der Waals surface area contributed by atoms with Crippen molar-refractivity contribution in [1.82, 2.24) is 0 Å². The van der Waals surface area contributed by atoms with E-state index in [-0.39, 0.29) is 0 Å². The number of amides is 1. The number of carbonyl (C=O) groups is 1. The van der Waals surface area contributed by atoms with Crippen molar-refractivity contribution in [2.75, 3.05) is 13.2 Å². The SMILES string of the molecule is CCOc1cccc2sc(C(N)=O)c(OCC)c12. The largest absolute Gasteiger partial charge is 0.493 e. The third-order valence-corrected chi connectivity index (χ3v) is 3.60. The Morgan fingerprint density at radius 2 is 2.00 bits per heavy atom. The Hall–Kier alpha value is -1.75. The molecule has 0 radical (unpaired) electrons. The minimum Gasteiger partial charge on any atom is -0.493 e. The molecule has 4 nitrogen and oxygen atoms in total. The molecule has 0 bridgehead atoms. The van der Waals surface area contributed by atoms with E-state index in [0.29, 0.717) is 23.8 Å². The van der Waals surface area contributed by atoms with Crippen molar-refractivity contribution in [3.8, 4) is 11.5 Å². The zero-order valence-corrected chi connectivity index (χ0v) is 11.2. The molecule has 0 fully saturated rings. The van der Waals surface area contributed by atoms with Crippen molar-refractivity contribution in [2.45, 2.75) is 13.8 Å². The van der Waals surface area contributed by atoms with Gasteiger partial charge in [-0.15, -0.1) is 11.3 Å². The number of ether oxygens (including phenoxy) is 2. The lowest BCUT2D eigenvalue weighted by molar-refractivity contribution is 0.100. The average Bonchev–Trinajstić information content (AvgIpc) is 2.70. The smallest absolute Gasteiger partial charge is 0.262 e. The quantitative estimate of drug-likeness (QED) is 0.904. The van der Waals surface area contributed by atoms with E-state index in [4.69, 9.17) is 15.2 Å². The zero-order valence-electron chi connectivity index (χ0n) is 10.4. The highest BCUT2D eigenvalue weighted by Crippen LogP contribution is 2.42. The summed E-state index contributed by atoms with van der Waals surface area (Å²) in [6.45, 7) is 4.83. The second kappa shape index (κ2) is 5.27. The van der Waals surface area contributed by atoms with Crippen LogP contribution in [0.15, 0.2) is 18.2 Å². The van der Waals surface area contributed by atoms with Crippen molar-refractivity contribution in [2.24, 2.45) is 5.73 Å². The van der Waals surface area contributed by atoms with Crippen LogP contribution in [0.3, 0.4) is 0 Å². The van der Waals surface area contributed by atoms with Crippen molar-refractivity contribution < 1.29 is 14.3 Å². The lowest BCUT2D eigenvalue weighted by Gasteiger charge is -2.08. The van der Waals surface area contributed by atoms with E-state index in [0.717, 1.165) is 15.8 Å². The molecule has 1 amide bonds. The fourth-order valence-corrected chi connectivity index (χ4v) is 2.83. The molecular formula is C13H15NO3S. The van der Waals surface area contributed by atoms with Gasteiger partial charge in [0.05, 0.1) is 18.6 Å². The summed E-state index contributed by atoms with van der Waals surface area (Å²) < 4.78 is 12.1. The normalized spacial score (nSPS) is 10.6. The molecule has 0 aliphatic carbocycles. The number of primary amides is 1. The Kier molecular flexibility index (Phi) is 3.72. The average molecular weight is 265 g/mol. The Morgan fingerprint density at radius 3 is 2.61 bits per heavy atom. The summed E-state index contributed by atoms with van der Waals surface area (Å²) in [6.07, 6.45) is 0. The third kappa shape index (κ3) is 2.13. The van der Waals surface area contributed by atoms with Gasteiger partial charge in [0.25, 0.3) is 5.91 Å². The number of rotatable bonds is 5. The minimum absolute atomic E-state index is 0.444. The summed E-state index contributed by atoms with van der Waals surface area (Å²) in [5.41, 5.74) is 5.38. The minimum atomic E-state index is -0.470. The van der Waals surface area contributed by atoms with Crippen LogP contribution >= 0.6 is 11.3 Å². The number of carbonyl (C=O) groups excluding carboxylic acids is 1. The van der Waals surface area contributed by atoms with E-state index in [1.165, 1.54) is 11.3 Å². The van der Waals surface area contributed by atoms with Crippen molar-refractivity contribution in [3.63, 3.8) is 0 Å². The van der Waals surface area contributed by atoms with Crippen molar-refractivity contribution >= 4 is 27.3 Å². The van der Waals surface area contributed by atoms with Crippen LogP contribution in [0.2, 0.25) is 0 Å². The first-order chi connectivity index (χ1) is 8.69. The van der Waals surface area contributed by atoms with Crippen LogP contribution in [0.1, 0.15) is 23.5 Å². The summed E-state index contributed by atoms with van der Waals surface area (Å²) in [6, 6.07) is 5.69. The van der Waals surface area contributed by atoms with E-state index in [9.17, 15) is 4.79 Å². The molecular weight excluding hydrogens is 250 g/mol. The fraction of sp³-hybridized carbons (Fsp3) is 0.308. The van der Waals surface area contributed by atoms with E-state index in [2.05, 4.69) is 0 Å². The number of hydrogen-bond acceptors (Lipinski definition) is 4. The number of thiophene rings is 1. The number of hydrogen-bond donors (Lipinski definition) is 1. The molecule has 1 aromatic heterocycles. The summed E-state index contributed by atoms with van der Waals surface area (Å²) in [7, 11) is 0. The van der Waals surface area contributed by atoms with Gasteiger partial charge in [0, 0.05) is 4.70 Å². The topological polar surface area (TPSA) is 61.5 Å². The maximum Gasteiger partial charge on any atom is 0.262 e. The van der Waals surface area contributed by atoms with Gasteiger partial charge in [0.1, 0.15) is 10.6 Å². The molecule has 0 aliphatic rings. The van der Waals surface area contributed by atoms with Gasteiger partial charge in [-0.25, -0.2) is 0 Å². The third-order valence-electron chi connectivity index (χ3n) is 2.45. The van der Waals surface area contributed by atoms with Crippen molar-refractivity contribution in [1.29, 1.82) is 0 Å². The van der Waals surface area contributed by atoms with Gasteiger partial charge < -0.3 is 15.2 Å². The molecule has 0 atom stereocenters. The van der Waals surface area contributed by atoms with Crippen LogP contribution in [0.4, 0.5) is 0 Å². The lowest BCUT2D eigenvalue weighted by atomic mass is 10.2. The van der Waals surface area contributed by atoms with Crippen LogP contribution in [-0.4, -0.2) is 19.1 Å². The second-order valence-electron chi connectivity index (χ2n) is 3.62. The van der Waals surface area contributed by atoms with Crippen LogP contribution in [-0.2, 0) is 0 Å². The molecule has 2 aromatic rings. The highest BCUT2D eigenvalue weighted by Gasteiger charge is 2.20. The molecule has 0 saturated heterocycles. The van der Waals surface area contributed by atoms with Gasteiger partial charge in [-0.1, -0.05) is 6.07 Å². The molecule has 1 heterocycles. The van der Waals surface area contributed by atoms with Crippen LogP contribution in [0.25, 0.3) is 10.1 Å². The molecule has 2 rings (SSSR count). The second-order valence-corrected chi connectivity index (χ2v) is 4.67. The molecule has 0 unspecified atom stereocenters. The predicted octanol–water partition coefficient (Wildman–Crippen LogP) is 2.80. The van der Waals surface area contributed by atoms with Gasteiger partial charge in [-0.3, -0.25) is 4.79 Å². The molecule has 0 saturated carbocycles. The van der Waals surface area contributed by atoms with Gasteiger partial charge in [-0.05, 0) is 26.0 Å². The van der Waals surface area contributed by atoms with Crippen LogP contribution in [0.5, 0.6) is 11.5 Å². The van der Waals surface area contributed by atoms with Gasteiger partial charge in [0.15, 0.2) is 5.75 Å². The fourth-order valence-electron chi connectivity index (χ4n) is 1.81. The summed E-state index contributed by atoms with van der Waals surface area (Å²) in [4.78, 5) is 11.9.